The summed E-state index contributed by atoms with van der Waals surface area (Å²) < 4.78 is 11.7. The van der Waals surface area contributed by atoms with Crippen molar-refractivity contribution in [2.45, 2.75) is 25.3 Å². The predicted molar refractivity (Wildman–Crippen MR) is 34.9 cm³/mol. The van der Waals surface area contributed by atoms with E-state index in [1.807, 2.05) is 6.92 Å². The van der Waals surface area contributed by atoms with Gasteiger partial charge in [-0.3, -0.25) is 4.39 Å². The molecule has 0 aliphatic carbocycles. The van der Waals surface area contributed by atoms with Gasteiger partial charge in [0.1, 0.15) is 0 Å². The number of halogens is 1. The highest BCUT2D eigenvalue weighted by molar-refractivity contribution is 4.80. The van der Waals surface area contributed by atoms with E-state index in [2.05, 4.69) is 0 Å². The third-order valence-electron chi connectivity index (χ3n) is 1.61. The van der Waals surface area contributed by atoms with Gasteiger partial charge >= 0.3 is 0 Å². The molecule has 0 rings (SSSR count). The first-order valence-corrected chi connectivity index (χ1v) is 3.14. The van der Waals surface area contributed by atoms with Crippen LogP contribution in [0.1, 0.15) is 19.8 Å². The molecule has 0 aliphatic rings. The van der Waals surface area contributed by atoms with Crippen molar-refractivity contribution >= 4 is 0 Å². The van der Waals surface area contributed by atoms with Gasteiger partial charge in [0, 0.05) is 5.54 Å². The van der Waals surface area contributed by atoms with E-state index in [9.17, 15) is 4.39 Å². The summed E-state index contributed by atoms with van der Waals surface area (Å²) in [6.45, 7) is 1.25. The maximum atomic E-state index is 11.7. The Morgan fingerprint density at radius 3 is 2.33 bits per heavy atom. The second-order valence-corrected chi connectivity index (χ2v) is 2.31. The van der Waals surface area contributed by atoms with Crippen molar-refractivity contribution in [1.29, 1.82) is 0 Å². The first-order valence-electron chi connectivity index (χ1n) is 3.14. The minimum absolute atomic E-state index is 0.132. The van der Waals surface area contributed by atoms with Crippen LogP contribution >= 0.6 is 0 Å². The third kappa shape index (κ3) is 2.77. The molecule has 3 N–H and O–H groups in total. The van der Waals surface area contributed by atoms with E-state index in [0.29, 0.717) is 6.42 Å². The number of rotatable bonds is 4. The first kappa shape index (κ1) is 8.85. The van der Waals surface area contributed by atoms with Crippen LogP contribution in [0.5, 0.6) is 0 Å². The summed E-state index contributed by atoms with van der Waals surface area (Å²) in [4.78, 5) is 0. The van der Waals surface area contributed by atoms with Crippen molar-refractivity contribution in [3.63, 3.8) is 0 Å². The van der Waals surface area contributed by atoms with Crippen LogP contribution < -0.4 is 5.73 Å². The predicted octanol–water partition coefficient (Wildman–Crippen LogP) is 0.446. The third-order valence-corrected chi connectivity index (χ3v) is 1.61. The Morgan fingerprint density at radius 1 is 1.67 bits per heavy atom. The second kappa shape index (κ2) is 3.80. The highest BCUT2D eigenvalue weighted by atomic mass is 19.1. The number of hydrogen-bond donors (Lipinski definition) is 2. The van der Waals surface area contributed by atoms with Crippen molar-refractivity contribution in [3.8, 4) is 0 Å². The molecule has 0 saturated carbocycles. The highest BCUT2D eigenvalue weighted by Crippen LogP contribution is 2.09. The fourth-order valence-electron chi connectivity index (χ4n) is 0.556. The normalized spacial score (nSPS) is 17.3. The number of hydrogen-bond acceptors (Lipinski definition) is 2. The number of aliphatic hydroxyl groups is 1. The molecule has 9 heavy (non-hydrogen) atoms. The Hall–Kier alpha value is -0.150. The van der Waals surface area contributed by atoms with Crippen LogP contribution in [-0.4, -0.2) is 23.9 Å². The molecule has 1 atom stereocenters. The zero-order chi connectivity index (χ0) is 7.33. The van der Waals surface area contributed by atoms with E-state index in [1.54, 1.807) is 0 Å². The maximum Gasteiger partial charge on any atom is 0.0912 e. The van der Waals surface area contributed by atoms with Gasteiger partial charge in [0.2, 0.25) is 0 Å². The van der Waals surface area contributed by atoms with Crippen molar-refractivity contribution in [2.24, 2.45) is 5.73 Å². The average Bonchev–Trinajstić information content (AvgIpc) is 1.89. The van der Waals surface area contributed by atoms with Crippen molar-refractivity contribution in [1.82, 2.24) is 0 Å². The van der Waals surface area contributed by atoms with E-state index in [1.165, 1.54) is 0 Å². The zero-order valence-electron chi connectivity index (χ0n) is 5.73. The minimum Gasteiger partial charge on any atom is -0.394 e. The monoisotopic (exact) mass is 135 g/mol. The zero-order valence-corrected chi connectivity index (χ0v) is 5.73. The van der Waals surface area contributed by atoms with Crippen LogP contribution in [0.2, 0.25) is 0 Å². The lowest BCUT2D eigenvalue weighted by atomic mass is 9.95. The van der Waals surface area contributed by atoms with E-state index in [4.69, 9.17) is 10.8 Å². The lowest BCUT2D eigenvalue weighted by Gasteiger charge is -2.23. The fourth-order valence-corrected chi connectivity index (χ4v) is 0.556. The summed E-state index contributed by atoms with van der Waals surface area (Å²) in [5, 5.41) is 8.62. The summed E-state index contributed by atoms with van der Waals surface area (Å²) in [7, 11) is 0. The molecule has 2 nitrogen and oxygen atoms in total. The van der Waals surface area contributed by atoms with Gasteiger partial charge in [-0.05, 0) is 12.8 Å². The van der Waals surface area contributed by atoms with Crippen LogP contribution in [0, 0.1) is 0 Å². The molecular weight excluding hydrogens is 121 g/mol. The summed E-state index contributed by atoms with van der Waals surface area (Å²) in [6.07, 6.45) is 0.868. The van der Waals surface area contributed by atoms with Gasteiger partial charge in [0.25, 0.3) is 0 Å². The standard InChI is InChI=1S/C6H14FNO/c1-2-6(8,5-9)3-4-7/h9H,2-5,8H2,1H3/t6-/m0/s1. The van der Waals surface area contributed by atoms with E-state index in [-0.39, 0.29) is 13.0 Å². The van der Waals surface area contributed by atoms with E-state index in [0.717, 1.165) is 0 Å². The lowest BCUT2D eigenvalue weighted by Crippen LogP contribution is -2.43. The summed E-state index contributed by atoms with van der Waals surface area (Å²) >= 11 is 0. The Bertz CT molecular complexity index is 73.5. The second-order valence-electron chi connectivity index (χ2n) is 2.31. The molecule has 0 aromatic rings. The van der Waals surface area contributed by atoms with Gasteiger partial charge in [0.15, 0.2) is 0 Å². The number of aliphatic hydroxyl groups excluding tert-OH is 1. The van der Waals surface area contributed by atoms with Crippen LogP contribution in [-0.2, 0) is 0 Å². The van der Waals surface area contributed by atoms with Crippen LogP contribution in [0.25, 0.3) is 0 Å². The van der Waals surface area contributed by atoms with Gasteiger partial charge in [-0.1, -0.05) is 6.92 Å². The molecule has 0 spiro atoms. The van der Waals surface area contributed by atoms with Gasteiger partial charge in [0.05, 0.1) is 13.3 Å². The van der Waals surface area contributed by atoms with Crippen molar-refractivity contribution in [3.05, 3.63) is 0 Å². The van der Waals surface area contributed by atoms with Crippen LogP contribution in [0.3, 0.4) is 0 Å². The molecule has 0 aromatic heterocycles. The lowest BCUT2D eigenvalue weighted by molar-refractivity contribution is 0.173. The Balaban J connectivity index is 3.62. The summed E-state index contributed by atoms with van der Waals surface area (Å²) in [6, 6.07) is 0. The molecule has 56 valence electrons. The number of alkyl halides is 1. The molecule has 0 aliphatic heterocycles. The van der Waals surface area contributed by atoms with Gasteiger partial charge in [-0.15, -0.1) is 0 Å². The molecule has 3 heteroatoms. The van der Waals surface area contributed by atoms with E-state index >= 15 is 0 Å². The summed E-state index contributed by atoms with van der Waals surface area (Å²) in [5.41, 5.74) is 4.83. The average molecular weight is 135 g/mol. The van der Waals surface area contributed by atoms with Gasteiger partial charge in [-0.2, -0.15) is 0 Å². The Morgan fingerprint density at radius 2 is 2.22 bits per heavy atom. The molecule has 0 bridgehead atoms. The molecule has 0 saturated heterocycles. The maximum absolute atomic E-state index is 11.7. The Kier molecular flexibility index (Phi) is 3.73. The molecular formula is C6H14FNO. The minimum atomic E-state index is -0.686. The highest BCUT2D eigenvalue weighted by Gasteiger charge is 2.20. The quantitative estimate of drug-likeness (QED) is 0.587. The topological polar surface area (TPSA) is 46.2 Å². The molecule has 0 heterocycles. The van der Waals surface area contributed by atoms with Gasteiger partial charge < -0.3 is 10.8 Å². The molecule has 0 radical (unpaired) electrons. The van der Waals surface area contributed by atoms with Crippen molar-refractivity contribution in [2.75, 3.05) is 13.3 Å². The summed E-state index contributed by atoms with van der Waals surface area (Å²) in [5.74, 6) is 0. The van der Waals surface area contributed by atoms with Crippen LogP contribution in [0.15, 0.2) is 0 Å². The molecule has 0 unspecified atom stereocenters. The molecule has 0 amide bonds. The first-order chi connectivity index (χ1) is 4.18. The van der Waals surface area contributed by atoms with Gasteiger partial charge in [-0.25, -0.2) is 0 Å². The van der Waals surface area contributed by atoms with E-state index < -0.39 is 12.2 Å². The molecule has 0 fully saturated rings. The SMILES string of the molecule is CC[C@@](N)(CO)CCF. The van der Waals surface area contributed by atoms with Crippen molar-refractivity contribution < 1.29 is 9.50 Å². The smallest absolute Gasteiger partial charge is 0.0912 e. The van der Waals surface area contributed by atoms with Crippen LogP contribution in [0.4, 0.5) is 4.39 Å². The molecule has 0 aromatic carbocycles. The largest absolute Gasteiger partial charge is 0.394 e. The fraction of sp³-hybridized carbons (Fsp3) is 1.00. The Labute approximate surface area is 54.9 Å². The number of nitrogens with two attached hydrogens (primary N) is 1.